The molecule has 0 aliphatic carbocycles. The van der Waals surface area contributed by atoms with Crippen molar-refractivity contribution in [2.75, 3.05) is 5.73 Å². The molecule has 0 amide bonds. The number of nitrogen functional groups attached to an aromatic ring is 1. The summed E-state index contributed by atoms with van der Waals surface area (Å²) in [5.41, 5.74) is 5.53. The second-order valence-corrected chi connectivity index (χ2v) is 4.54. The highest BCUT2D eigenvalue weighted by Crippen LogP contribution is 2.34. The van der Waals surface area contributed by atoms with Crippen LogP contribution in [-0.2, 0) is 12.6 Å². The molecule has 21 heavy (non-hydrogen) atoms. The summed E-state index contributed by atoms with van der Waals surface area (Å²) in [4.78, 5) is 8.27. The van der Waals surface area contributed by atoms with Crippen LogP contribution in [0.15, 0.2) is 18.2 Å². The van der Waals surface area contributed by atoms with Crippen LogP contribution >= 0.6 is 0 Å². The smallest absolute Gasteiger partial charge is 0.383 e. The van der Waals surface area contributed by atoms with Gasteiger partial charge in [0.2, 0.25) is 0 Å². The van der Waals surface area contributed by atoms with Gasteiger partial charge in [0.15, 0.2) is 0 Å². The van der Waals surface area contributed by atoms with Crippen LogP contribution in [0.3, 0.4) is 0 Å². The van der Waals surface area contributed by atoms with Gasteiger partial charge in [-0.3, -0.25) is 0 Å². The lowest BCUT2D eigenvalue weighted by atomic mass is 10.0. The van der Waals surface area contributed by atoms with E-state index in [4.69, 9.17) is 5.73 Å². The predicted octanol–water partition coefficient (Wildman–Crippen LogP) is 3.75. The van der Waals surface area contributed by atoms with E-state index in [1.807, 2.05) is 6.92 Å². The zero-order valence-electron chi connectivity index (χ0n) is 11.4. The highest BCUT2D eigenvalue weighted by molar-refractivity contribution is 5.67. The van der Waals surface area contributed by atoms with Crippen LogP contribution in [0.25, 0.3) is 11.3 Å². The molecule has 0 bridgehead atoms. The summed E-state index contributed by atoms with van der Waals surface area (Å²) in [6.45, 7) is 3.46. The summed E-state index contributed by atoms with van der Waals surface area (Å²) < 4.78 is 51.3. The number of hydrogen-bond acceptors (Lipinski definition) is 3. The molecule has 1 aromatic carbocycles. The van der Waals surface area contributed by atoms with Crippen molar-refractivity contribution in [3.8, 4) is 11.3 Å². The fourth-order valence-electron chi connectivity index (χ4n) is 1.91. The van der Waals surface area contributed by atoms with Gasteiger partial charge >= 0.3 is 6.18 Å². The first kappa shape index (κ1) is 15.2. The summed E-state index contributed by atoms with van der Waals surface area (Å²) in [5.74, 6) is -0.653. The topological polar surface area (TPSA) is 51.8 Å². The van der Waals surface area contributed by atoms with Crippen molar-refractivity contribution in [1.82, 2.24) is 9.97 Å². The Morgan fingerprint density at radius 1 is 1.19 bits per heavy atom. The monoisotopic (exact) mass is 299 g/mol. The highest BCUT2D eigenvalue weighted by Gasteiger charge is 2.34. The maximum atomic E-state index is 13.7. The summed E-state index contributed by atoms with van der Waals surface area (Å²) in [6, 6.07) is 2.70. The zero-order chi connectivity index (χ0) is 15.8. The first-order valence-corrected chi connectivity index (χ1v) is 6.24. The van der Waals surface area contributed by atoms with E-state index in [-0.39, 0.29) is 11.4 Å². The van der Waals surface area contributed by atoms with E-state index in [0.717, 1.165) is 6.07 Å². The van der Waals surface area contributed by atoms with Crippen LogP contribution < -0.4 is 5.73 Å². The summed E-state index contributed by atoms with van der Waals surface area (Å²) in [7, 11) is 0. The third-order valence-corrected chi connectivity index (χ3v) is 3.09. The molecule has 1 heterocycles. The van der Waals surface area contributed by atoms with Gasteiger partial charge in [0, 0.05) is 17.5 Å². The van der Waals surface area contributed by atoms with Gasteiger partial charge in [-0.25, -0.2) is 14.4 Å². The van der Waals surface area contributed by atoms with Gasteiger partial charge in [0.25, 0.3) is 0 Å². The maximum Gasteiger partial charge on any atom is 0.419 e. The van der Waals surface area contributed by atoms with Crippen molar-refractivity contribution >= 4 is 5.82 Å². The van der Waals surface area contributed by atoms with Gasteiger partial charge in [0.05, 0.1) is 11.3 Å². The Hall–Kier alpha value is -2.18. The van der Waals surface area contributed by atoms with Gasteiger partial charge in [-0.1, -0.05) is 13.0 Å². The number of aryl methyl sites for hydroxylation is 1. The lowest BCUT2D eigenvalue weighted by Gasteiger charge is -2.12. The molecule has 2 aromatic rings. The number of nitrogens with zero attached hydrogens (tertiary/aromatic N) is 2. The molecule has 0 saturated heterocycles. The number of anilines is 1. The standard InChI is InChI=1S/C14H13F4N3/c1-3-11-20-12(7(2)13(19)21-11)8-4-5-9(10(15)6-8)14(16,17)18/h4-6H,3H2,1-2H3,(H2,19,20,21). The Morgan fingerprint density at radius 2 is 1.86 bits per heavy atom. The minimum Gasteiger partial charge on any atom is -0.383 e. The minimum absolute atomic E-state index is 0.233. The number of hydrogen-bond donors (Lipinski definition) is 1. The van der Waals surface area contributed by atoms with Crippen molar-refractivity contribution in [2.45, 2.75) is 26.4 Å². The molecule has 112 valence electrons. The first-order valence-electron chi connectivity index (χ1n) is 6.24. The Morgan fingerprint density at radius 3 is 2.38 bits per heavy atom. The van der Waals surface area contributed by atoms with E-state index in [9.17, 15) is 17.6 Å². The van der Waals surface area contributed by atoms with E-state index < -0.39 is 17.6 Å². The normalized spacial score (nSPS) is 11.7. The van der Waals surface area contributed by atoms with Crippen molar-refractivity contribution in [2.24, 2.45) is 0 Å². The SMILES string of the molecule is CCc1nc(N)c(C)c(-c2ccc(C(F)(F)F)c(F)c2)n1. The van der Waals surface area contributed by atoms with Crippen LogP contribution in [0, 0.1) is 12.7 Å². The first-order chi connectivity index (χ1) is 9.74. The number of benzene rings is 1. The van der Waals surface area contributed by atoms with Gasteiger partial charge < -0.3 is 5.73 Å². The average Bonchev–Trinajstić information content (AvgIpc) is 2.40. The lowest BCUT2D eigenvalue weighted by molar-refractivity contribution is -0.139. The fraction of sp³-hybridized carbons (Fsp3) is 0.286. The lowest BCUT2D eigenvalue weighted by Crippen LogP contribution is -2.09. The van der Waals surface area contributed by atoms with Gasteiger partial charge in [0.1, 0.15) is 17.5 Å². The maximum absolute atomic E-state index is 13.7. The van der Waals surface area contributed by atoms with Crippen LogP contribution in [0.4, 0.5) is 23.4 Å². The van der Waals surface area contributed by atoms with E-state index in [0.29, 0.717) is 29.6 Å². The Balaban J connectivity index is 2.58. The van der Waals surface area contributed by atoms with Crippen molar-refractivity contribution in [1.29, 1.82) is 0 Å². The van der Waals surface area contributed by atoms with Crippen molar-refractivity contribution in [3.05, 3.63) is 41.0 Å². The highest BCUT2D eigenvalue weighted by atomic mass is 19.4. The molecule has 0 atom stereocenters. The summed E-state index contributed by atoms with van der Waals surface area (Å²) in [6.07, 6.45) is -4.21. The largest absolute Gasteiger partial charge is 0.419 e. The minimum atomic E-state index is -4.73. The molecule has 1 aromatic heterocycles. The van der Waals surface area contributed by atoms with Crippen LogP contribution in [0.2, 0.25) is 0 Å². The second kappa shape index (κ2) is 5.31. The molecule has 0 spiro atoms. The molecule has 3 nitrogen and oxygen atoms in total. The molecule has 0 saturated carbocycles. The molecular formula is C14H13F4N3. The number of rotatable bonds is 2. The molecule has 0 aliphatic rings. The molecule has 7 heteroatoms. The molecule has 2 rings (SSSR count). The predicted molar refractivity (Wildman–Crippen MR) is 71.0 cm³/mol. The number of alkyl halides is 3. The third kappa shape index (κ3) is 2.96. The second-order valence-electron chi connectivity index (χ2n) is 4.54. The Kier molecular flexibility index (Phi) is 3.85. The number of nitrogens with two attached hydrogens (primary N) is 1. The summed E-state index contributed by atoms with van der Waals surface area (Å²) in [5, 5.41) is 0. The zero-order valence-corrected chi connectivity index (χ0v) is 11.4. The number of aromatic nitrogens is 2. The van der Waals surface area contributed by atoms with Crippen LogP contribution in [0.5, 0.6) is 0 Å². The van der Waals surface area contributed by atoms with Crippen LogP contribution in [0.1, 0.15) is 23.9 Å². The average molecular weight is 299 g/mol. The van der Waals surface area contributed by atoms with E-state index in [1.165, 1.54) is 6.07 Å². The Labute approximate surface area is 118 Å². The van der Waals surface area contributed by atoms with Crippen molar-refractivity contribution < 1.29 is 17.6 Å². The van der Waals surface area contributed by atoms with Gasteiger partial charge in [-0.15, -0.1) is 0 Å². The van der Waals surface area contributed by atoms with Crippen LogP contribution in [-0.4, -0.2) is 9.97 Å². The quantitative estimate of drug-likeness (QED) is 0.859. The van der Waals surface area contributed by atoms with Crippen molar-refractivity contribution in [3.63, 3.8) is 0 Å². The number of halogens is 4. The molecule has 2 N–H and O–H groups in total. The van der Waals surface area contributed by atoms with E-state index in [1.54, 1.807) is 6.92 Å². The molecule has 0 radical (unpaired) electrons. The molecule has 0 fully saturated rings. The van der Waals surface area contributed by atoms with Gasteiger partial charge in [-0.2, -0.15) is 13.2 Å². The van der Waals surface area contributed by atoms with Gasteiger partial charge in [-0.05, 0) is 19.1 Å². The third-order valence-electron chi connectivity index (χ3n) is 3.09. The molecule has 0 aliphatic heterocycles. The van der Waals surface area contributed by atoms with E-state index >= 15 is 0 Å². The molecule has 0 unspecified atom stereocenters. The Bertz CT molecular complexity index is 681. The fourth-order valence-corrected chi connectivity index (χ4v) is 1.91. The molecular weight excluding hydrogens is 286 g/mol. The van der Waals surface area contributed by atoms with E-state index in [2.05, 4.69) is 9.97 Å². The summed E-state index contributed by atoms with van der Waals surface area (Å²) >= 11 is 0.